The van der Waals surface area contributed by atoms with E-state index in [1.165, 1.54) is 0 Å². The minimum absolute atomic E-state index is 0. The van der Waals surface area contributed by atoms with E-state index < -0.39 is 0 Å². The summed E-state index contributed by atoms with van der Waals surface area (Å²) in [6.45, 7) is 1.32. The lowest BCUT2D eigenvalue weighted by molar-refractivity contribution is 0.0790. The summed E-state index contributed by atoms with van der Waals surface area (Å²) in [5, 5.41) is 0. The van der Waals surface area contributed by atoms with Crippen LogP contribution in [0, 0.1) is 0 Å². The number of carbonyl (C=O) groups excluding carboxylic acids is 1. The Hall–Kier alpha value is -1.46. The van der Waals surface area contributed by atoms with Gasteiger partial charge in [-0.15, -0.1) is 12.4 Å². The zero-order valence-electron chi connectivity index (χ0n) is 11.1. The van der Waals surface area contributed by atoms with Crippen LogP contribution in [0.1, 0.15) is 16.8 Å². The van der Waals surface area contributed by atoms with Gasteiger partial charge in [0.1, 0.15) is 11.5 Å². The van der Waals surface area contributed by atoms with E-state index in [9.17, 15) is 4.79 Å². The third-order valence-corrected chi connectivity index (χ3v) is 3.11. The van der Waals surface area contributed by atoms with Crippen LogP contribution >= 0.6 is 12.4 Å². The van der Waals surface area contributed by atoms with E-state index in [1.54, 1.807) is 37.3 Å². The lowest BCUT2D eigenvalue weighted by atomic mass is 10.1. The highest BCUT2D eigenvalue weighted by Gasteiger charge is 2.25. The van der Waals surface area contributed by atoms with Crippen LogP contribution in [0.4, 0.5) is 0 Å². The van der Waals surface area contributed by atoms with Crippen molar-refractivity contribution >= 4 is 18.3 Å². The minimum Gasteiger partial charge on any atom is -0.497 e. The van der Waals surface area contributed by atoms with E-state index in [-0.39, 0.29) is 24.4 Å². The van der Waals surface area contributed by atoms with Gasteiger partial charge in [0, 0.05) is 30.8 Å². The first-order valence-electron chi connectivity index (χ1n) is 5.92. The number of nitrogens with zero attached hydrogens (tertiary/aromatic N) is 1. The largest absolute Gasteiger partial charge is 0.497 e. The number of amides is 1. The highest BCUT2D eigenvalue weighted by molar-refractivity contribution is 5.95. The van der Waals surface area contributed by atoms with Crippen molar-refractivity contribution in [1.29, 1.82) is 0 Å². The maximum Gasteiger partial charge on any atom is 0.254 e. The number of likely N-dealkylation sites (tertiary alicyclic amines) is 1. The number of hydrogen-bond acceptors (Lipinski definition) is 4. The van der Waals surface area contributed by atoms with Crippen LogP contribution < -0.4 is 15.2 Å². The van der Waals surface area contributed by atoms with Crippen molar-refractivity contribution in [3.05, 3.63) is 23.8 Å². The molecule has 0 saturated carbocycles. The Kier molecular flexibility index (Phi) is 5.44. The van der Waals surface area contributed by atoms with Gasteiger partial charge >= 0.3 is 0 Å². The standard InChI is InChI=1S/C13H18N2O3.ClH/c1-17-11-5-9(6-12(7-11)18-2)13(16)15-4-3-10(14)8-15;/h5-7,10H,3-4,8,14H2,1-2H3;1H. The Bertz CT molecular complexity index is 431. The second-order valence-electron chi connectivity index (χ2n) is 4.40. The first kappa shape index (κ1) is 15.6. The molecule has 0 aromatic heterocycles. The van der Waals surface area contributed by atoms with Gasteiger partial charge in [-0.25, -0.2) is 0 Å². The Balaban J connectivity index is 0.00000180. The summed E-state index contributed by atoms with van der Waals surface area (Å²) in [6, 6.07) is 5.26. The van der Waals surface area contributed by atoms with Crippen molar-refractivity contribution in [1.82, 2.24) is 4.90 Å². The number of methoxy groups -OCH3 is 2. The van der Waals surface area contributed by atoms with Crippen LogP contribution in [-0.2, 0) is 0 Å². The Morgan fingerprint density at radius 2 is 1.84 bits per heavy atom. The molecule has 1 aliphatic rings. The monoisotopic (exact) mass is 286 g/mol. The molecule has 5 nitrogen and oxygen atoms in total. The van der Waals surface area contributed by atoms with Crippen LogP contribution in [0.2, 0.25) is 0 Å². The average molecular weight is 287 g/mol. The predicted octanol–water partition coefficient (Wildman–Crippen LogP) is 1.30. The lowest BCUT2D eigenvalue weighted by Crippen LogP contribution is -2.31. The molecule has 1 saturated heterocycles. The molecule has 106 valence electrons. The lowest BCUT2D eigenvalue weighted by Gasteiger charge is -2.16. The van der Waals surface area contributed by atoms with Gasteiger partial charge in [0.05, 0.1) is 14.2 Å². The third kappa shape index (κ3) is 3.52. The Labute approximate surface area is 119 Å². The predicted molar refractivity (Wildman–Crippen MR) is 75.3 cm³/mol. The topological polar surface area (TPSA) is 64.8 Å². The number of ether oxygens (including phenoxy) is 2. The normalized spacial score (nSPS) is 17.8. The van der Waals surface area contributed by atoms with E-state index in [0.29, 0.717) is 30.2 Å². The molecular weight excluding hydrogens is 268 g/mol. The molecule has 1 fully saturated rings. The van der Waals surface area contributed by atoms with E-state index in [4.69, 9.17) is 15.2 Å². The fourth-order valence-corrected chi connectivity index (χ4v) is 2.09. The molecule has 0 bridgehead atoms. The average Bonchev–Trinajstić information content (AvgIpc) is 2.83. The van der Waals surface area contributed by atoms with Crippen LogP contribution in [0.5, 0.6) is 11.5 Å². The SMILES string of the molecule is COc1cc(OC)cc(C(=O)N2CCC(N)C2)c1.Cl. The van der Waals surface area contributed by atoms with Gasteiger partial charge in [-0.1, -0.05) is 0 Å². The smallest absolute Gasteiger partial charge is 0.254 e. The number of rotatable bonds is 3. The maximum atomic E-state index is 12.3. The molecule has 1 aromatic rings. The van der Waals surface area contributed by atoms with Gasteiger partial charge in [0.25, 0.3) is 5.91 Å². The molecule has 2 rings (SSSR count). The summed E-state index contributed by atoms with van der Waals surface area (Å²) in [5.74, 6) is 1.20. The summed E-state index contributed by atoms with van der Waals surface area (Å²) in [5.41, 5.74) is 6.38. The van der Waals surface area contributed by atoms with Crippen molar-refractivity contribution in [2.75, 3.05) is 27.3 Å². The van der Waals surface area contributed by atoms with Crippen molar-refractivity contribution in [2.45, 2.75) is 12.5 Å². The van der Waals surface area contributed by atoms with E-state index in [1.807, 2.05) is 0 Å². The molecule has 6 heteroatoms. The highest BCUT2D eigenvalue weighted by atomic mass is 35.5. The van der Waals surface area contributed by atoms with Crippen LogP contribution in [-0.4, -0.2) is 44.2 Å². The highest BCUT2D eigenvalue weighted by Crippen LogP contribution is 2.24. The summed E-state index contributed by atoms with van der Waals surface area (Å²) in [6.07, 6.45) is 0.854. The van der Waals surface area contributed by atoms with Gasteiger partial charge in [-0.2, -0.15) is 0 Å². The molecule has 1 heterocycles. The van der Waals surface area contributed by atoms with Crippen LogP contribution in [0.15, 0.2) is 18.2 Å². The number of carbonyl (C=O) groups is 1. The quantitative estimate of drug-likeness (QED) is 0.910. The molecule has 0 radical (unpaired) electrons. The fraction of sp³-hybridized carbons (Fsp3) is 0.462. The Morgan fingerprint density at radius 3 is 2.26 bits per heavy atom. The summed E-state index contributed by atoms with van der Waals surface area (Å²) in [4.78, 5) is 14.1. The van der Waals surface area contributed by atoms with Gasteiger partial charge in [0.15, 0.2) is 0 Å². The summed E-state index contributed by atoms with van der Waals surface area (Å²) >= 11 is 0. The molecule has 0 spiro atoms. The first-order chi connectivity index (χ1) is 8.63. The van der Waals surface area contributed by atoms with Crippen LogP contribution in [0.3, 0.4) is 0 Å². The van der Waals surface area contributed by atoms with Gasteiger partial charge in [-0.05, 0) is 18.6 Å². The van der Waals surface area contributed by atoms with Gasteiger partial charge in [0.2, 0.25) is 0 Å². The number of nitrogens with two attached hydrogens (primary N) is 1. The second-order valence-corrected chi connectivity index (χ2v) is 4.40. The number of halogens is 1. The minimum atomic E-state index is -0.0276. The molecule has 19 heavy (non-hydrogen) atoms. The molecule has 1 unspecified atom stereocenters. The molecule has 1 aliphatic heterocycles. The number of benzene rings is 1. The van der Waals surface area contributed by atoms with Crippen LogP contribution in [0.25, 0.3) is 0 Å². The van der Waals surface area contributed by atoms with Crippen molar-refractivity contribution in [2.24, 2.45) is 5.73 Å². The van der Waals surface area contributed by atoms with Gasteiger partial charge < -0.3 is 20.1 Å². The molecule has 1 atom stereocenters. The van der Waals surface area contributed by atoms with E-state index in [0.717, 1.165) is 6.42 Å². The Morgan fingerprint density at radius 1 is 1.26 bits per heavy atom. The summed E-state index contributed by atoms with van der Waals surface area (Å²) in [7, 11) is 3.13. The molecule has 1 amide bonds. The molecule has 0 aliphatic carbocycles. The summed E-state index contributed by atoms with van der Waals surface area (Å²) < 4.78 is 10.3. The second kappa shape index (κ2) is 6.63. The molecular formula is C13H19ClN2O3. The van der Waals surface area contributed by atoms with E-state index in [2.05, 4.69) is 0 Å². The van der Waals surface area contributed by atoms with Crippen molar-refractivity contribution in [3.63, 3.8) is 0 Å². The van der Waals surface area contributed by atoms with Crippen molar-refractivity contribution in [3.8, 4) is 11.5 Å². The maximum absolute atomic E-state index is 12.3. The first-order valence-corrected chi connectivity index (χ1v) is 5.92. The molecule has 1 aromatic carbocycles. The van der Waals surface area contributed by atoms with Gasteiger partial charge in [-0.3, -0.25) is 4.79 Å². The third-order valence-electron chi connectivity index (χ3n) is 3.11. The zero-order chi connectivity index (χ0) is 13.1. The number of hydrogen-bond donors (Lipinski definition) is 1. The fourth-order valence-electron chi connectivity index (χ4n) is 2.09. The zero-order valence-corrected chi connectivity index (χ0v) is 11.9. The van der Waals surface area contributed by atoms with E-state index >= 15 is 0 Å². The van der Waals surface area contributed by atoms with Crippen molar-refractivity contribution < 1.29 is 14.3 Å². The molecule has 2 N–H and O–H groups in total.